The van der Waals surface area contributed by atoms with Gasteiger partial charge in [-0.25, -0.2) is 15.0 Å². The van der Waals surface area contributed by atoms with E-state index in [-0.39, 0.29) is 11.1 Å². The van der Waals surface area contributed by atoms with Gasteiger partial charge >= 0.3 is 5.82 Å². The minimum atomic E-state index is -0.480. The molecule has 0 amide bonds. The van der Waals surface area contributed by atoms with Crippen LogP contribution in [0.3, 0.4) is 0 Å². The van der Waals surface area contributed by atoms with Gasteiger partial charge < -0.3 is 10.1 Å². The van der Waals surface area contributed by atoms with Crippen LogP contribution in [0.4, 0.5) is 5.82 Å². The number of rotatable bonds is 10. The van der Waals surface area contributed by atoms with Crippen molar-refractivity contribution in [2.24, 2.45) is 0 Å². The van der Waals surface area contributed by atoms with Crippen LogP contribution < -0.4 is 0 Å². The number of thiol groups is 1. The second-order valence-corrected chi connectivity index (χ2v) is 11.2. The van der Waals surface area contributed by atoms with Crippen LogP contribution in [0.5, 0.6) is 0 Å². The van der Waals surface area contributed by atoms with Crippen molar-refractivity contribution in [2.45, 2.75) is 35.4 Å². The van der Waals surface area contributed by atoms with Gasteiger partial charge in [0.25, 0.3) is 0 Å². The van der Waals surface area contributed by atoms with E-state index in [0.29, 0.717) is 5.65 Å². The van der Waals surface area contributed by atoms with Gasteiger partial charge in [-0.2, -0.15) is 12.6 Å². The van der Waals surface area contributed by atoms with Gasteiger partial charge in [0.2, 0.25) is 5.65 Å². The zero-order valence-corrected chi connectivity index (χ0v) is 23.2. The molecule has 1 unspecified atom stereocenters. The number of imidazole rings is 2. The van der Waals surface area contributed by atoms with Gasteiger partial charge in [-0.1, -0.05) is 15.7 Å². The monoisotopic (exact) mass is 564 g/mol. The van der Waals surface area contributed by atoms with Gasteiger partial charge in [0.1, 0.15) is 28.1 Å². The number of nitro groups is 1. The first-order valence-electron chi connectivity index (χ1n) is 11.8. The Kier molecular flexibility index (Phi) is 7.95. The van der Waals surface area contributed by atoms with E-state index < -0.39 is 4.92 Å². The molecule has 0 bridgehead atoms. The predicted octanol–water partition coefficient (Wildman–Crippen LogP) is 5.52. The summed E-state index contributed by atoms with van der Waals surface area (Å²) in [4.78, 5) is 29.6. The van der Waals surface area contributed by atoms with Gasteiger partial charge in [-0.3, -0.25) is 9.55 Å². The molecule has 10 nitrogen and oxygen atoms in total. The summed E-state index contributed by atoms with van der Waals surface area (Å²) in [7, 11) is 0. The van der Waals surface area contributed by atoms with E-state index in [1.807, 2.05) is 48.1 Å². The van der Waals surface area contributed by atoms with Gasteiger partial charge in [0, 0.05) is 41.5 Å². The quantitative estimate of drug-likeness (QED) is 0.0769. The van der Waals surface area contributed by atoms with Crippen LogP contribution in [0, 0.1) is 24.0 Å². The van der Waals surface area contributed by atoms with Crippen LogP contribution in [-0.4, -0.2) is 50.5 Å². The van der Waals surface area contributed by atoms with E-state index in [1.165, 1.54) is 10.7 Å². The lowest BCUT2D eigenvalue weighted by atomic mass is 10.1. The standard InChI is InChI=1S/C25H24N8O2S3/c1-16-5-3-9-27-24(16)31-12-11-28-25(31)23(36)22-17(2)18(8-10-26-22)37-13-4-14-38-20-7-6-19-29-15-21(33(34)35)32(19)30-20/h3,5-12,15,23,36H,4,13-14H2,1-2H3. The Morgan fingerprint density at radius 1 is 1.03 bits per heavy atom. The van der Waals surface area contributed by atoms with Crippen molar-refractivity contribution >= 4 is 47.6 Å². The van der Waals surface area contributed by atoms with Crippen molar-refractivity contribution < 1.29 is 4.92 Å². The van der Waals surface area contributed by atoms with Crippen LogP contribution in [0.1, 0.15) is 34.3 Å². The number of thioether (sulfide) groups is 2. The lowest BCUT2D eigenvalue weighted by molar-refractivity contribution is -0.391. The lowest BCUT2D eigenvalue weighted by Crippen LogP contribution is -2.10. The van der Waals surface area contributed by atoms with E-state index in [1.54, 1.807) is 42.0 Å². The molecule has 194 valence electrons. The molecule has 0 radical (unpaired) electrons. The maximum Gasteiger partial charge on any atom is 0.368 e. The lowest BCUT2D eigenvalue weighted by Gasteiger charge is -2.17. The van der Waals surface area contributed by atoms with E-state index in [2.05, 4.69) is 32.0 Å². The third-order valence-corrected chi connectivity index (χ3v) is 8.61. The van der Waals surface area contributed by atoms with Gasteiger partial charge in [-0.15, -0.1) is 23.5 Å². The molecule has 0 aliphatic rings. The molecule has 0 aromatic carbocycles. The predicted molar refractivity (Wildman–Crippen MR) is 152 cm³/mol. The molecule has 5 heterocycles. The topological polar surface area (TPSA) is 117 Å². The van der Waals surface area contributed by atoms with Crippen molar-refractivity contribution in [1.29, 1.82) is 0 Å². The highest BCUT2D eigenvalue weighted by molar-refractivity contribution is 8.00. The third-order valence-electron chi connectivity index (χ3n) is 5.88. The number of hydrogen-bond donors (Lipinski definition) is 1. The molecule has 0 aliphatic carbocycles. The van der Waals surface area contributed by atoms with Gasteiger partial charge in [-0.05, 0) is 60.3 Å². The number of nitrogens with zero attached hydrogens (tertiary/aromatic N) is 8. The highest BCUT2D eigenvalue weighted by Crippen LogP contribution is 2.34. The Balaban J connectivity index is 1.22. The average Bonchev–Trinajstić information content (AvgIpc) is 3.57. The van der Waals surface area contributed by atoms with Crippen LogP contribution in [-0.2, 0) is 0 Å². The molecule has 5 aromatic heterocycles. The maximum absolute atomic E-state index is 11.2. The van der Waals surface area contributed by atoms with E-state index in [0.717, 1.165) is 56.3 Å². The van der Waals surface area contributed by atoms with Crippen LogP contribution in [0.2, 0.25) is 0 Å². The number of aryl methyl sites for hydroxylation is 1. The van der Waals surface area contributed by atoms with Crippen LogP contribution in [0.15, 0.2) is 71.2 Å². The molecule has 5 aromatic rings. The van der Waals surface area contributed by atoms with Crippen LogP contribution in [0.25, 0.3) is 11.5 Å². The highest BCUT2D eigenvalue weighted by Gasteiger charge is 2.22. The summed E-state index contributed by atoms with van der Waals surface area (Å²) in [5, 5.41) is 15.9. The SMILES string of the molecule is Cc1cccnc1-n1ccnc1C(S)c1nccc(SCCCSc2ccc3ncc([N+](=O)[O-])n3n2)c1C. The Labute approximate surface area is 232 Å². The largest absolute Gasteiger partial charge is 0.368 e. The zero-order chi connectivity index (χ0) is 26.6. The summed E-state index contributed by atoms with van der Waals surface area (Å²) < 4.78 is 3.24. The van der Waals surface area contributed by atoms with Crippen molar-refractivity contribution in [3.05, 3.63) is 94.1 Å². The Morgan fingerprint density at radius 3 is 2.68 bits per heavy atom. The molecular weight excluding hydrogens is 541 g/mol. The Morgan fingerprint density at radius 2 is 1.87 bits per heavy atom. The number of hydrogen-bond acceptors (Lipinski definition) is 10. The summed E-state index contributed by atoms with van der Waals surface area (Å²) in [5.74, 6) is 3.20. The van der Waals surface area contributed by atoms with Gasteiger partial charge in [0.15, 0.2) is 0 Å². The van der Waals surface area contributed by atoms with E-state index >= 15 is 0 Å². The first kappa shape index (κ1) is 26.2. The fraction of sp³-hybridized carbons (Fsp3) is 0.240. The molecule has 0 saturated heterocycles. The minimum Gasteiger partial charge on any atom is -0.358 e. The molecule has 5 rings (SSSR count). The Hall–Kier alpha value is -3.42. The van der Waals surface area contributed by atoms with Crippen molar-refractivity contribution in [3.8, 4) is 5.82 Å². The third kappa shape index (κ3) is 5.40. The van der Waals surface area contributed by atoms with Crippen molar-refractivity contribution in [2.75, 3.05) is 11.5 Å². The molecule has 13 heteroatoms. The molecule has 0 saturated carbocycles. The number of aromatic nitrogens is 7. The molecule has 0 aliphatic heterocycles. The zero-order valence-electron chi connectivity index (χ0n) is 20.6. The number of pyridine rings is 2. The molecule has 0 N–H and O–H groups in total. The summed E-state index contributed by atoms with van der Waals surface area (Å²) in [5.41, 5.74) is 3.46. The fourth-order valence-corrected chi connectivity index (χ4v) is 6.40. The van der Waals surface area contributed by atoms with Crippen molar-refractivity contribution in [3.63, 3.8) is 0 Å². The van der Waals surface area contributed by atoms with E-state index in [4.69, 9.17) is 12.6 Å². The molecule has 38 heavy (non-hydrogen) atoms. The molecule has 1 atom stereocenters. The van der Waals surface area contributed by atoms with Crippen LogP contribution >= 0.6 is 36.2 Å². The van der Waals surface area contributed by atoms with E-state index in [9.17, 15) is 10.1 Å². The molecular formula is C25H24N8O2S3. The number of fused-ring (bicyclic) bond motifs is 1. The second kappa shape index (κ2) is 11.5. The summed E-state index contributed by atoms with van der Waals surface area (Å²) in [6.45, 7) is 4.09. The van der Waals surface area contributed by atoms with Gasteiger partial charge in [0.05, 0.1) is 5.69 Å². The normalized spacial score (nSPS) is 12.2. The minimum absolute atomic E-state index is 0.137. The summed E-state index contributed by atoms with van der Waals surface area (Å²) in [6, 6.07) is 9.55. The second-order valence-electron chi connectivity index (χ2n) is 8.39. The maximum atomic E-state index is 11.2. The molecule has 0 fully saturated rings. The fourth-order valence-electron chi connectivity index (χ4n) is 3.98. The highest BCUT2D eigenvalue weighted by atomic mass is 32.2. The first-order valence-corrected chi connectivity index (χ1v) is 14.3. The molecule has 0 spiro atoms. The first-order chi connectivity index (χ1) is 18.4. The summed E-state index contributed by atoms with van der Waals surface area (Å²) in [6.07, 6.45) is 9.41. The Bertz CT molecular complexity index is 1600. The smallest absolute Gasteiger partial charge is 0.358 e. The average molecular weight is 565 g/mol. The van der Waals surface area contributed by atoms with Crippen molar-refractivity contribution in [1.82, 2.24) is 34.1 Å². The summed E-state index contributed by atoms with van der Waals surface area (Å²) >= 11 is 8.25.